The van der Waals surface area contributed by atoms with Crippen molar-refractivity contribution in [2.75, 3.05) is 0 Å². The summed E-state index contributed by atoms with van der Waals surface area (Å²) in [5.41, 5.74) is -5.26. The van der Waals surface area contributed by atoms with Crippen molar-refractivity contribution in [3.8, 4) is 0 Å². The van der Waals surface area contributed by atoms with E-state index in [9.17, 15) is 19.2 Å². The molecule has 0 aliphatic rings. The Kier molecular flexibility index (Phi) is 17.4. The van der Waals surface area contributed by atoms with Crippen LogP contribution in [0.1, 0.15) is 33.4 Å². The molecule has 6 aromatic carbocycles. The first kappa shape index (κ1) is 49.2. The quantitative estimate of drug-likeness (QED) is 0.0464. The second-order valence-electron chi connectivity index (χ2n) is 15.3. The van der Waals surface area contributed by atoms with E-state index in [0.29, 0.717) is 33.4 Å². The van der Waals surface area contributed by atoms with Crippen molar-refractivity contribution < 1.29 is 65.4 Å². The third-order valence-corrected chi connectivity index (χ3v) is 20.7. The van der Waals surface area contributed by atoms with Gasteiger partial charge in [-0.1, -0.05) is 182 Å². The largest absolute Gasteiger partial charge is 0.563 e. The topological polar surface area (TPSA) is 176 Å². The van der Waals surface area contributed by atoms with E-state index in [-0.39, 0.29) is 26.4 Å². The maximum Gasteiger partial charge on any atom is 0.563 e. The molecule has 344 valence electrons. The number of benzene rings is 6. The fourth-order valence-electron chi connectivity index (χ4n) is 6.26. The molecular weight excluding hydrogens is 909 g/mol. The van der Waals surface area contributed by atoms with Gasteiger partial charge < -0.3 is 36.7 Å². The first-order chi connectivity index (χ1) is 32.4. The molecule has 0 saturated carbocycles. The third kappa shape index (κ3) is 13.4. The van der Waals surface area contributed by atoms with Gasteiger partial charge in [-0.3, -0.25) is 28.8 Å². The van der Waals surface area contributed by atoms with Crippen LogP contribution in [0.4, 0.5) is 28.8 Å². The molecule has 0 aromatic heterocycles. The highest BCUT2D eigenvalue weighted by molar-refractivity contribution is 7.31. The van der Waals surface area contributed by atoms with E-state index in [1.807, 2.05) is 0 Å². The Labute approximate surface area is 390 Å². The van der Waals surface area contributed by atoms with Crippen molar-refractivity contribution in [3.05, 3.63) is 215 Å². The van der Waals surface area contributed by atoms with Gasteiger partial charge in [0.2, 0.25) is 0 Å². The number of hydrogen-bond acceptors (Lipinski definition) is 14. The Balaban J connectivity index is 1.50. The van der Waals surface area contributed by atoms with Crippen molar-refractivity contribution >= 4 is 58.8 Å². The second-order valence-corrected chi connectivity index (χ2v) is 24.7. The van der Waals surface area contributed by atoms with Crippen LogP contribution < -0.4 is 0 Å². The summed E-state index contributed by atoms with van der Waals surface area (Å²) in [6, 6.07) is 50.8. The van der Waals surface area contributed by atoms with Crippen molar-refractivity contribution in [1.29, 1.82) is 0 Å². The molecule has 0 N–H and O–H groups in total. The molecule has 0 unspecified atom stereocenters. The first-order valence-corrected chi connectivity index (χ1v) is 27.7. The van der Waals surface area contributed by atoms with Gasteiger partial charge in [0.25, 0.3) is 0 Å². The van der Waals surface area contributed by atoms with Gasteiger partial charge in [-0.05, 0) is 46.5 Å². The van der Waals surface area contributed by atoms with E-state index in [0.717, 1.165) is 13.1 Å². The molecule has 6 rings (SSSR count). The van der Waals surface area contributed by atoms with Gasteiger partial charge in [-0.15, -0.1) is 0 Å². The molecule has 17 heteroatoms. The first-order valence-electron chi connectivity index (χ1n) is 21.1. The van der Waals surface area contributed by atoms with Crippen molar-refractivity contribution in [2.45, 2.75) is 52.7 Å². The minimum Gasteiger partial charge on any atom is -0.463 e. The molecule has 0 spiro atoms. The summed E-state index contributed by atoms with van der Waals surface area (Å²) in [5.74, 6) is 0. The predicted octanol–water partition coefficient (Wildman–Crippen LogP) is 11.1. The van der Waals surface area contributed by atoms with Crippen LogP contribution >= 0.6 is 0 Å². The van der Waals surface area contributed by atoms with Gasteiger partial charge in [0.1, 0.15) is 39.6 Å². The lowest BCUT2D eigenvalue weighted by molar-refractivity contribution is 0.127. The third-order valence-electron chi connectivity index (χ3n) is 10.1. The zero-order valence-electron chi connectivity index (χ0n) is 36.8. The van der Waals surface area contributed by atoms with E-state index in [1.54, 1.807) is 182 Å². The lowest BCUT2D eigenvalue weighted by Crippen LogP contribution is -2.73. The predicted molar refractivity (Wildman–Crippen MR) is 251 cm³/mol. The minimum absolute atomic E-state index is 0.367. The minimum atomic E-state index is -6.07. The summed E-state index contributed by atoms with van der Waals surface area (Å²) in [6.07, 6.45) is 0. The van der Waals surface area contributed by atoms with Crippen LogP contribution in [0.25, 0.3) is 0 Å². The Morgan fingerprint density at radius 2 is 0.448 bits per heavy atom. The van der Waals surface area contributed by atoms with Crippen LogP contribution in [0.3, 0.4) is 0 Å². The summed E-state index contributed by atoms with van der Waals surface area (Å²) >= 11 is 0. The zero-order valence-corrected chi connectivity index (χ0v) is 39.8. The van der Waals surface area contributed by atoms with E-state index in [2.05, 4.69) is 0 Å². The molecule has 67 heavy (non-hydrogen) atoms. The molecule has 0 aliphatic heterocycles. The normalized spacial score (nSPS) is 11.4. The van der Waals surface area contributed by atoms with Crippen LogP contribution in [-0.4, -0.2) is 58.8 Å². The average molecular weight is 957 g/mol. The summed E-state index contributed by atoms with van der Waals surface area (Å²) in [4.78, 5) is 88.9. The molecule has 14 nitrogen and oxygen atoms in total. The molecule has 0 aliphatic carbocycles. The van der Waals surface area contributed by atoms with Gasteiger partial charge in [0.05, 0.1) is 0 Å². The van der Waals surface area contributed by atoms with Crippen LogP contribution in [0.2, 0.25) is 13.1 Å². The van der Waals surface area contributed by atoms with Crippen molar-refractivity contribution in [2.24, 2.45) is 0 Å². The molecule has 0 radical (unpaired) electrons. The van der Waals surface area contributed by atoms with Crippen LogP contribution in [0, 0.1) is 0 Å². The van der Waals surface area contributed by atoms with Gasteiger partial charge >= 0.3 is 58.8 Å². The van der Waals surface area contributed by atoms with Crippen molar-refractivity contribution in [3.63, 3.8) is 0 Å². The highest BCUT2D eigenvalue weighted by Crippen LogP contribution is 2.31. The molecule has 0 fully saturated rings. The maximum absolute atomic E-state index is 15.2. The van der Waals surface area contributed by atoms with Gasteiger partial charge in [0, 0.05) is 0 Å². The Morgan fingerprint density at radius 1 is 0.284 bits per heavy atom. The molecule has 0 bridgehead atoms. The number of hydrogen-bond donors (Lipinski definition) is 0. The van der Waals surface area contributed by atoms with E-state index in [1.165, 1.54) is 0 Å². The fraction of sp³-hybridized carbons (Fsp3) is 0.160. The highest BCUT2D eigenvalue weighted by atomic mass is 28.5. The fourth-order valence-corrected chi connectivity index (χ4v) is 16.5. The van der Waals surface area contributed by atoms with Gasteiger partial charge in [-0.2, -0.15) is 0 Å². The number of ether oxygens (including phenoxy) is 6. The molecule has 0 saturated heterocycles. The zero-order chi connectivity index (χ0) is 47.5. The number of carbonyl (C=O) groups excluding carboxylic acids is 6. The monoisotopic (exact) mass is 956 g/mol. The summed E-state index contributed by atoms with van der Waals surface area (Å²) < 4.78 is 47.5. The van der Waals surface area contributed by atoms with E-state index in [4.69, 9.17) is 36.7 Å². The van der Waals surface area contributed by atoms with Crippen LogP contribution in [0.15, 0.2) is 182 Å². The summed E-state index contributed by atoms with van der Waals surface area (Å²) in [6.45, 7) is -0.318. The van der Waals surface area contributed by atoms with E-state index < -0.39 is 72.0 Å². The van der Waals surface area contributed by atoms with Gasteiger partial charge in [0.15, 0.2) is 0 Å². The number of carbonyl (C=O) groups is 6. The van der Waals surface area contributed by atoms with Crippen LogP contribution in [0.5, 0.6) is 0 Å². The Hall–Kier alpha value is -7.29. The molecule has 6 aromatic rings. The highest BCUT2D eigenvalue weighted by Gasteiger charge is 2.72. The SMILES string of the molecule is C[Si](O[Si](O[Si](C)(C(=O)OCc1ccccc1)C(=O)OCc1ccccc1)(C(=O)OCc1ccccc1)C(=O)OCc1ccccc1)(C(=O)OCc1ccccc1)C(=O)OCc1ccccc1. The van der Waals surface area contributed by atoms with Crippen LogP contribution in [-0.2, 0) is 76.3 Å². The van der Waals surface area contributed by atoms with Gasteiger partial charge in [-0.25, -0.2) is 0 Å². The molecule has 0 atom stereocenters. The standard InChI is InChI=1S/C50H48O14Si3/c1-65(45(51)57-33-39-21-9-3-10-22-39,46(52)58-34-40-23-11-4-12-24-40)63-67(49(55)61-37-43-29-17-7-18-30-43,50(56)62-38-44-31-19-8-20-32-44)64-66(2,47(53)59-35-41-25-13-5-14-26-41)48(54)60-36-42-27-15-6-16-28-42/h3-32H,33-38H2,1-2H3. The Bertz CT molecular complexity index is 2280. The maximum atomic E-state index is 15.2. The Morgan fingerprint density at radius 3 is 0.627 bits per heavy atom. The lowest BCUT2D eigenvalue weighted by Gasteiger charge is -2.36. The molecule has 0 heterocycles. The number of rotatable bonds is 22. The second kappa shape index (κ2) is 23.8. The smallest absolute Gasteiger partial charge is 0.463 e. The van der Waals surface area contributed by atoms with Crippen molar-refractivity contribution in [1.82, 2.24) is 0 Å². The lowest BCUT2D eigenvalue weighted by atomic mass is 10.2. The summed E-state index contributed by atoms with van der Waals surface area (Å²) in [5, 5.41) is 0. The van der Waals surface area contributed by atoms with E-state index >= 15 is 9.59 Å². The molecular formula is C50H48O14Si3. The summed E-state index contributed by atoms with van der Waals surface area (Å²) in [7, 11) is -16.5. The molecule has 0 amide bonds. The average Bonchev–Trinajstić information content (AvgIpc) is 3.38.